The summed E-state index contributed by atoms with van der Waals surface area (Å²) in [7, 11) is -3.89. The fraction of sp³-hybridized carbons (Fsp3) is 0.500. The number of carbonyl (C=O) groups is 1. The minimum atomic E-state index is -3.89. The summed E-state index contributed by atoms with van der Waals surface area (Å²) < 4.78 is 27.5. The Kier molecular flexibility index (Phi) is 4.77. The zero-order chi connectivity index (χ0) is 16.6. The number of halogens is 1. The molecule has 0 unspecified atom stereocenters. The van der Waals surface area contributed by atoms with Gasteiger partial charge in [-0.1, -0.05) is 17.7 Å². The molecule has 0 amide bonds. The van der Waals surface area contributed by atoms with Crippen molar-refractivity contribution in [3.8, 4) is 0 Å². The third kappa shape index (κ3) is 3.56. The largest absolute Gasteiger partial charge is 0.481 e. The van der Waals surface area contributed by atoms with Crippen LogP contribution in [0.25, 0.3) is 0 Å². The second-order valence-electron chi connectivity index (χ2n) is 6.07. The first kappa shape index (κ1) is 17.9. The lowest BCUT2D eigenvalue weighted by atomic mass is 9.75. The van der Waals surface area contributed by atoms with Crippen LogP contribution in [-0.2, 0) is 14.8 Å². The summed E-state index contributed by atoms with van der Waals surface area (Å²) >= 11 is 5.85. The van der Waals surface area contributed by atoms with Crippen molar-refractivity contribution in [1.29, 1.82) is 0 Å². The number of benzene rings is 1. The van der Waals surface area contributed by atoms with E-state index in [0.29, 0.717) is 10.6 Å². The van der Waals surface area contributed by atoms with Crippen molar-refractivity contribution in [3.63, 3.8) is 0 Å². The Morgan fingerprint density at radius 2 is 1.76 bits per heavy atom. The molecule has 118 valence electrons. The number of hydrogen-bond acceptors (Lipinski definition) is 3. The number of aliphatic carboxylic acids is 1. The average molecular weight is 334 g/mol. The number of carboxylic acid groups (broad SMARTS) is 1. The van der Waals surface area contributed by atoms with Gasteiger partial charge in [-0.05, 0) is 52.3 Å². The highest BCUT2D eigenvalue weighted by Gasteiger charge is 2.46. The van der Waals surface area contributed by atoms with Gasteiger partial charge in [0.15, 0.2) is 0 Å². The van der Waals surface area contributed by atoms with Crippen molar-refractivity contribution in [3.05, 3.63) is 28.8 Å². The van der Waals surface area contributed by atoms with Gasteiger partial charge in [-0.3, -0.25) is 4.79 Å². The number of nitrogens with one attached hydrogen (secondary N) is 1. The lowest BCUT2D eigenvalue weighted by Crippen LogP contribution is -2.56. The van der Waals surface area contributed by atoms with Crippen molar-refractivity contribution in [2.24, 2.45) is 5.41 Å². The molecule has 21 heavy (non-hydrogen) atoms. The number of rotatable bonds is 5. The maximum absolute atomic E-state index is 12.5. The summed E-state index contributed by atoms with van der Waals surface area (Å²) in [6, 6.07) is 4.55. The minimum absolute atomic E-state index is 0.0456. The van der Waals surface area contributed by atoms with Crippen molar-refractivity contribution < 1.29 is 18.3 Å². The van der Waals surface area contributed by atoms with Gasteiger partial charge in [0, 0.05) is 10.6 Å². The van der Waals surface area contributed by atoms with E-state index >= 15 is 0 Å². The highest BCUT2D eigenvalue weighted by atomic mass is 35.5. The van der Waals surface area contributed by atoms with Gasteiger partial charge in [-0.15, -0.1) is 0 Å². The third-order valence-corrected chi connectivity index (χ3v) is 5.96. The summed E-state index contributed by atoms with van der Waals surface area (Å²) in [5, 5.41) is 9.59. The molecular weight excluding hydrogens is 314 g/mol. The maximum Gasteiger partial charge on any atom is 0.310 e. The van der Waals surface area contributed by atoms with Crippen LogP contribution >= 0.6 is 11.6 Å². The Hall–Kier alpha value is -1.11. The van der Waals surface area contributed by atoms with Gasteiger partial charge in [0.05, 0.1) is 10.3 Å². The highest BCUT2D eigenvalue weighted by molar-refractivity contribution is 7.89. The van der Waals surface area contributed by atoms with Gasteiger partial charge < -0.3 is 5.11 Å². The molecule has 0 aliphatic heterocycles. The molecule has 0 aliphatic rings. The van der Waals surface area contributed by atoms with Crippen LogP contribution in [0.4, 0.5) is 0 Å². The van der Waals surface area contributed by atoms with Gasteiger partial charge in [-0.2, -0.15) is 0 Å². The van der Waals surface area contributed by atoms with E-state index in [2.05, 4.69) is 4.72 Å². The van der Waals surface area contributed by atoms with Crippen LogP contribution in [0.2, 0.25) is 5.02 Å². The second-order valence-corrected chi connectivity index (χ2v) is 8.16. The molecule has 0 bridgehead atoms. The summed E-state index contributed by atoms with van der Waals surface area (Å²) in [5.74, 6) is -1.09. The maximum atomic E-state index is 12.5. The average Bonchev–Trinajstić information content (AvgIpc) is 2.30. The molecule has 7 heteroatoms. The van der Waals surface area contributed by atoms with Gasteiger partial charge in [0.25, 0.3) is 0 Å². The molecule has 0 saturated carbocycles. The molecule has 0 spiro atoms. The van der Waals surface area contributed by atoms with Crippen molar-refractivity contribution in [2.45, 2.75) is 45.1 Å². The van der Waals surface area contributed by atoms with Crippen LogP contribution in [0.1, 0.15) is 33.3 Å². The quantitative estimate of drug-likeness (QED) is 0.867. The fourth-order valence-electron chi connectivity index (χ4n) is 1.65. The van der Waals surface area contributed by atoms with Crippen molar-refractivity contribution >= 4 is 27.6 Å². The van der Waals surface area contributed by atoms with E-state index in [1.54, 1.807) is 32.9 Å². The normalized spacial score (nSPS) is 13.2. The summed E-state index contributed by atoms with van der Waals surface area (Å²) in [6.07, 6.45) is 0. The second kappa shape index (κ2) is 5.59. The molecular formula is C14H20ClNO4S. The molecule has 0 radical (unpaired) electrons. The lowest BCUT2D eigenvalue weighted by molar-refractivity contribution is -0.150. The Morgan fingerprint density at radius 3 is 2.24 bits per heavy atom. The summed E-state index contributed by atoms with van der Waals surface area (Å²) in [6.45, 7) is 7.68. The zero-order valence-electron chi connectivity index (χ0n) is 12.7. The van der Waals surface area contributed by atoms with Crippen LogP contribution in [-0.4, -0.2) is 25.0 Å². The minimum Gasteiger partial charge on any atom is -0.481 e. The zero-order valence-corrected chi connectivity index (χ0v) is 14.3. The molecule has 1 aromatic carbocycles. The lowest BCUT2D eigenvalue weighted by Gasteiger charge is -2.38. The Labute approximate surface area is 130 Å². The summed E-state index contributed by atoms with van der Waals surface area (Å²) in [5.41, 5.74) is -1.94. The van der Waals surface area contributed by atoms with Gasteiger partial charge in [0.1, 0.15) is 0 Å². The molecule has 0 heterocycles. The first-order valence-corrected chi connectivity index (χ1v) is 8.21. The Morgan fingerprint density at radius 1 is 1.24 bits per heavy atom. The molecule has 0 atom stereocenters. The Balaban J connectivity index is 3.28. The molecule has 2 N–H and O–H groups in total. The van der Waals surface area contributed by atoms with Crippen LogP contribution in [0.5, 0.6) is 0 Å². The van der Waals surface area contributed by atoms with Crippen LogP contribution in [0.3, 0.4) is 0 Å². The van der Waals surface area contributed by atoms with Gasteiger partial charge >= 0.3 is 5.97 Å². The smallest absolute Gasteiger partial charge is 0.310 e. The van der Waals surface area contributed by atoms with Crippen LogP contribution in [0, 0.1) is 12.3 Å². The Bertz CT molecular complexity index is 666. The van der Waals surface area contributed by atoms with Crippen molar-refractivity contribution in [2.75, 3.05) is 0 Å². The van der Waals surface area contributed by atoms with E-state index in [0.717, 1.165) is 0 Å². The van der Waals surface area contributed by atoms with E-state index in [4.69, 9.17) is 11.6 Å². The molecule has 5 nitrogen and oxygen atoms in total. The van der Waals surface area contributed by atoms with E-state index in [-0.39, 0.29) is 4.90 Å². The number of sulfonamides is 1. The van der Waals surface area contributed by atoms with Gasteiger partial charge in [-0.25, -0.2) is 13.1 Å². The van der Waals surface area contributed by atoms with Crippen LogP contribution < -0.4 is 4.72 Å². The first-order valence-electron chi connectivity index (χ1n) is 6.35. The predicted octanol–water partition coefficient (Wildman–Crippen LogP) is 2.82. The standard InChI is InChI=1S/C14H20ClNO4S/c1-9-6-7-10(15)8-11(9)21(19,20)16-14(4,5)13(2,3)12(17)18/h6-8,16H,1-5H3,(H,17,18). The topological polar surface area (TPSA) is 83.5 Å². The summed E-state index contributed by atoms with van der Waals surface area (Å²) in [4.78, 5) is 11.4. The predicted molar refractivity (Wildman–Crippen MR) is 82.0 cm³/mol. The van der Waals surface area contributed by atoms with Crippen LogP contribution in [0.15, 0.2) is 23.1 Å². The monoisotopic (exact) mass is 333 g/mol. The molecule has 0 aliphatic carbocycles. The molecule has 1 aromatic rings. The molecule has 0 aromatic heterocycles. The first-order chi connectivity index (χ1) is 9.31. The van der Waals surface area contributed by atoms with E-state index < -0.39 is 26.9 Å². The molecule has 1 rings (SSSR count). The fourth-order valence-corrected chi connectivity index (χ4v) is 3.70. The third-order valence-electron chi connectivity index (χ3n) is 3.93. The number of carboxylic acids is 1. The highest BCUT2D eigenvalue weighted by Crippen LogP contribution is 2.33. The van der Waals surface area contributed by atoms with E-state index in [1.807, 2.05) is 0 Å². The number of hydrogen-bond donors (Lipinski definition) is 2. The molecule has 0 fully saturated rings. The van der Waals surface area contributed by atoms with Gasteiger partial charge in [0.2, 0.25) is 10.0 Å². The number of aryl methyl sites for hydroxylation is 1. The van der Waals surface area contributed by atoms with E-state index in [1.165, 1.54) is 19.9 Å². The molecule has 0 saturated heterocycles. The van der Waals surface area contributed by atoms with E-state index in [9.17, 15) is 18.3 Å². The SMILES string of the molecule is Cc1ccc(Cl)cc1S(=O)(=O)NC(C)(C)C(C)(C)C(=O)O. The van der Waals surface area contributed by atoms with Crippen molar-refractivity contribution in [1.82, 2.24) is 4.72 Å².